The second-order valence-electron chi connectivity index (χ2n) is 6.47. The highest BCUT2D eigenvalue weighted by Crippen LogP contribution is 2.26. The Morgan fingerprint density at radius 3 is 2.76 bits per heavy atom. The van der Waals surface area contributed by atoms with Gasteiger partial charge in [-0.25, -0.2) is 0 Å². The van der Waals surface area contributed by atoms with E-state index in [9.17, 15) is 9.90 Å². The summed E-state index contributed by atoms with van der Waals surface area (Å²) in [4.78, 5) is 11.3. The maximum Gasteiger partial charge on any atom is 0.320 e. The van der Waals surface area contributed by atoms with E-state index in [1.165, 1.54) is 16.7 Å². The molecule has 2 N–H and O–H groups in total. The lowest BCUT2D eigenvalue weighted by Crippen LogP contribution is -2.45. The summed E-state index contributed by atoms with van der Waals surface area (Å²) >= 11 is 0. The first-order valence-electron chi connectivity index (χ1n) is 8.11. The number of carboxylic acids is 1. The molecule has 3 nitrogen and oxygen atoms in total. The molecule has 2 rings (SSSR count). The number of carbonyl (C=O) groups is 1. The molecule has 116 valence electrons. The van der Waals surface area contributed by atoms with Gasteiger partial charge in [0.25, 0.3) is 0 Å². The van der Waals surface area contributed by atoms with Gasteiger partial charge < -0.3 is 10.4 Å². The standard InChI is InChI=1S/C18H27NO2/c1-4-5-17(18(20)21)19-16-9-8-14-10-13(12(2)3)6-7-15(14)11-16/h6-7,10,12,16-17,19H,4-5,8-9,11H2,1-3H3,(H,20,21)/t16?,17-/m0/s1. The predicted molar refractivity (Wildman–Crippen MR) is 85.8 cm³/mol. The van der Waals surface area contributed by atoms with Crippen LogP contribution in [0.1, 0.15) is 62.6 Å². The van der Waals surface area contributed by atoms with Crippen molar-refractivity contribution in [1.29, 1.82) is 0 Å². The van der Waals surface area contributed by atoms with Crippen molar-refractivity contribution in [2.24, 2.45) is 0 Å². The Kier molecular flexibility index (Phi) is 5.40. The van der Waals surface area contributed by atoms with Crippen LogP contribution in [0, 0.1) is 0 Å². The van der Waals surface area contributed by atoms with Gasteiger partial charge in [0.1, 0.15) is 6.04 Å². The number of rotatable bonds is 6. The van der Waals surface area contributed by atoms with E-state index >= 15 is 0 Å². The highest BCUT2D eigenvalue weighted by molar-refractivity contribution is 5.73. The molecule has 1 aliphatic rings. The van der Waals surface area contributed by atoms with Crippen molar-refractivity contribution in [2.75, 3.05) is 0 Å². The van der Waals surface area contributed by atoms with Crippen LogP contribution >= 0.6 is 0 Å². The van der Waals surface area contributed by atoms with Crippen LogP contribution in [0.25, 0.3) is 0 Å². The molecular weight excluding hydrogens is 262 g/mol. The van der Waals surface area contributed by atoms with Gasteiger partial charge in [-0.05, 0) is 48.3 Å². The van der Waals surface area contributed by atoms with E-state index in [0.717, 1.165) is 25.7 Å². The summed E-state index contributed by atoms with van der Waals surface area (Å²) < 4.78 is 0. The number of aliphatic carboxylic acids is 1. The predicted octanol–water partition coefficient (Wildman–Crippen LogP) is 3.51. The van der Waals surface area contributed by atoms with Gasteiger partial charge in [0.2, 0.25) is 0 Å². The van der Waals surface area contributed by atoms with E-state index in [1.807, 2.05) is 6.92 Å². The topological polar surface area (TPSA) is 49.3 Å². The highest BCUT2D eigenvalue weighted by atomic mass is 16.4. The van der Waals surface area contributed by atoms with Crippen molar-refractivity contribution in [2.45, 2.75) is 70.9 Å². The summed E-state index contributed by atoms with van der Waals surface area (Å²) in [7, 11) is 0. The number of hydrogen-bond donors (Lipinski definition) is 2. The summed E-state index contributed by atoms with van der Waals surface area (Å²) in [5.74, 6) is -0.162. The van der Waals surface area contributed by atoms with Gasteiger partial charge in [0, 0.05) is 6.04 Å². The largest absolute Gasteiger partial charge is 0.480 e. The van der Waals surface area contributed by atoms with Crippen molar-refractivity contribution >= 4 is 5.97 Å². The van der Waals surface area contributed by atoms with E-state index in [2.05, 4.69) is 37.4 Å². The van der Waals surface area contributed by atoms with E-state index in [-0.39, 0.29) is 6.04 Å². The quantitative estimate of drug-likeness (QED) is 0.842. The lowest BCUT2D eigenvalue weighted by atomic mass is 9.85. The Hall–Kier alpha value is -1.35. The molecule has 0 bridgehead atoms. The molecule has 0 radical (unpaired) electrons. The molecule has 0 amide bonds. The van der Waals surface area contributed by atoms with Crippen LogP contribution in [0.5, 0.6) is 0 Å². The molecule has 3 heteroatoms. The van der Waals surface area contributed by atoms with E-state index in [4.69, 9.17) is 0 Å². The van der Waals surface area contributed by atoms with Crippen molar-refractivity contribution in [3.63, 3.8) is 0 Å². The summed E-state index contributed by atoms with van der Waals surface area (Å²) in [6.45, 7) is 6.47. The SMILES string of the molecule is CCC[C@H](NC1CCc2cc(C(C)C)ccc2C1)C(=O)O. The summed E-state index contributed by atoms with van der Waals surface area (Å²) in [6.07, 6.45) is 4.62. The number of carboxylic acid groups (broad SMARTS) is 1. The van der Waals surface area contributed by atoms with Gasteiger partial charge in [-0.15, -0.1) is 0 Å². The third-order valence-electron chi connectivity index (χ3n) is 4.44. The number of hydrogen-bond acceptors (Lipinski definition) is 2. The third kappa shape index (κ3) is 4.07. The Labute approximate surface area is 127 Å². The molecule has 0 heterocycles. The molecule has 0 aliphatic heterocycles. The zero-order chi connectivity index (χ0) is 15.4. The van der Waals surface area contributed by atoms with Crippen molar-refractivity contribution in [3.8, 4) is 0 Å². The fraction of sp³-hybridized carbons (Fsp3) is 0.611. The maximum absolute atomic E-state index is 11.3. The summed E-state index contributed by atoms with van der Waals surface area (Å²) in [6, 6.07) is 6.66. The van der Waals surface area contributed by atoms with E-state index in [1.54, 1.807) is 0 Å². The van der Waals surface area contributed by atoms with Crippen LogP contribution in [-0.4, -0.2) is 23.2 Å². The Morgan fingerprint density at radius 2 is 2.14 bits per heavy atom. The first-order valence-corrected chi connectivity index (χ1v) is 8.11. The second-order valence-corrected chi connectivity index (χ2v) is 6.47. The number of fused-ring (bicyclic) bond motifs is 1. The van der Waals surface area contributed by atoms with Gasteiger partial charge in [-0.1, -0.05) is 45.4 Å². The molecule has 1 aromatic rings. The molecule has 1 unspecified atom stereocenters. The lowest BCUT2D eigenvalue weighted by molar-refractivity contribution is -0.139. The zero-order valence-electron chi connectivity index (χ0n) is 13.4. The first kappa shape index (κ1) is 16.0. The average molecular weight is 289 g/mol. The van der Waals surface area contributed by atoms with Crippen molar-refractivity contribution in [3.05, 3.63) is 34.9 Å². The zero-order valence-corrected chi connectivity index (χ0v) is 13.4. The summed E-state index contributed by atoms with van der Waals surface area (Å²) in [5.41, 5.74) is 4.22. The fourth-order valence-electron chi connectivity index (χ4n) is 3.13. The monoisotopic (exact) mass is 289 g/mol. The highest BCUT2D eigenvalue weighted by Gasteiger charge is 2.24. The Balaban J connectivity index is 2.04. The van der Waals surface area contributed by atoms with Crippen molar-refractivity contribution < 1.29 is 9.90 Å². The number of aryl methyl sites for hydroxylation is 1. The lowest BCUT2D eigenvalue weighted by Gasteiger charge is -2.29. The molecule has 0 fully saturated rings. The smallest absolute Gasteiger partial charge is 0.320 e. The molecular formula is C18H27NO2. The molecule has 1 aliphatic carbocycles. The Morgan fingerprint density at radius 1 is 1.38 bits per heavy atom. The van der Waals surface area contributed by atoms with Crippen molar-refractivity contribution in [1.82, 2.24) is 5.32 Å². The normalized spacial score (nSPS) is 19.3. The van der Waals surface area contributed by atoms with Gasteiger partial charge >= 0.3 is 5.97 Å². The van der Waals surface area contributed by atoms with Crippen LogP contribution in [0.3, 0.4) is 0 Å². The minimum absolute atomic E-state index is 0.287. The van der Waals surface area contributed by atoms with Crippen LogP contribution < -0.4 is 5.32 Å². The van der Waals surface area contributed by atoms with Crippen LogP contribution in [0.4, 0.5) is 0 Å². The van der Waals surface area contributed by atoms with E-state index < -0.39 is 12.0 Å². The molecule has 2 atom stereocenters. The molecule has 0 aromatic heterocycles. The maximum atomic E-state index is 11.3. The first-order chi connectivity index (χ1) is 10.0. The van der Waals surface area contributed by atoms with Gasteiger partial charge in [-0.2, -0.15) is 0 Å². The molecule has 21 heavy (non-hydrogen) atoms. The van der Waals surface area contributed by atoms with Crippen LogP contribution in [0.15, 0.2) is 18.2 Å². The van der Waals surface area contributed by atoms with Crippen LogP contribution in [0.2, 0.25) is 0 Å². The van der Waals surface area contributed by atoms with E-state index in [0.29, 0.717) is 12.3 Å². The second kappa shape index (κ2) is 7.08. The number of nitrogens with one attached hydrogen (secondary N) is 1. The third-order valence-corrected chi connectivity index (χ3v) is 4.44. The van der Waals surface area contributed by atoms with Gasteiger partial charge in [0.05, 0.1) is 0 Å². The van der Waals surface area contributed by atoms with Crippen LogP contribution in [-0.2, 0) is 17.6 Å². The summed E-state index contributed by atoms with van der Waals surface area (Å²) in [5, 5.41) is 12.6. The Bertz CT molecular complexity index is 496. The minimum atomic E-state index is -0.724. The molecule has 0 spiro atoms. The average Bonchev–Trinajstić information content (AvgIpc) is 2.46. The minimum Gasteiger partial charge on any atom is -0.480 e. The molecule has 1 aromatic carbocycles. The van der Waals surface area contributed by atoms with Gasteiger partial charge in [0.15, 0.2) is 0 Å². The van der Waals surface area contributed by atoms with Gasteiger partial charge in [-0.3, -0.25) is 4.79 Å². The molecule has 0 saturated heterocycles. The molecule has 0 saturated carbocycles. The number of benzene rings is 1. The fourth-order valence-corrected chi connectivity index (χ4v) is 3.13.